The van der Waals surface area contributed by atoms with Gasteiger partial charge >= 0.3 is 0 Å². The molecule has 0 atom stereocenters. The number of halogens is 1. The zero-order valence-corrected chi connectivity index (χ0v) is 5.03. The van der Waals surface area contributed by atoms with Gasteiger partial charge in [-0.15, -0.1) is 0 Å². The van der Waals surface area contributed by atoms with Crippen LogP contribution in [0.5, 0.6) is 0 Å². The van der Waals surface area contributed by atoms with E-state index in [-0.39, 0.29) is 5.78 Å². The van der Waals surface area contributed by atoms with E-state index in [2.05, 4.69) is 15.9 Å². The van der Waals surface area contributed by atoms with Gasteiger partial charge in [0.1, 0.15) is 0 Å². The van der Waals surface area contributed by atoms with E-state index in [0.29, 0.717) is 0 Å². The first-order valence-corrected chi connectivity index (χ1v) is 2.46. The predicted octanol–water partition coefficient (Wildman–Crippen LogP) is 1.48. The topological polar surface area (TPSA) is 17.1 Å². The summed E-state index contributed by atoms with van der Waals surface area (Å²) in [7, 11) is 0. The van der Waals surface area contributed by atoms with E-state index in [1.807, 2.05) is 0 Å². The van der Waals surface area contributed by atoms with Crippen molar-refractivity contribution >= 4 is 21.7 Å². The Morgan fingerprint density at radius 2 is 2.33 bits per heavy atom. The molecule has 0 N–H and O–H groups in total. The molecule has 0 radical (unpaired) electrons. The maximum Gasteiger partial charge on any atom is 0.153 e. The number of rotatable bonds is 1. The Hall–Kier alpha value is -0.110. The monoisotopic (exact) mass is 148 g/mol. The van der Waals surface area contributed by atoms with E-state index < -0.39 is 0 Å². The molecule has 0 aliphatic heterocycles. The molecule has 1 nitrogen and oxygen atoms in total. The van der Waals surface area contributed by atoms with Crippen LogP contribution in [0.1, 0.15) is 6.92 Å². The van der Waals surface area contributed by atoms with Crippen molar-refractivity contribution in [3.8, 4) is 0 Å². The summed E-state index contributed by atoms with van der Waals surface area (Å²) in [4.78, 5) is 11.5. The second kappa shape index (κ2) is 3.09. The van der Waals surface area contributed by atoms with Gasteiger partial charge in [-0.05, 0) is 18.0 Å². The lowest BCUT2D eigenvalue weighted by Gasteiger charge is -1.67. The molecule has 0 aromatic carbocycles. The highest BCUT2D eigenvalue weighted by atomic mass is 79.9. The van der Waals surface area contributed by atoms with Gasteiger partial charge in [0.05, 0.1) is 0 Å². The van der Waals surface area contributed by atoms with Gasteiger partial charge in [0.15, 0.2) is 5.78 Å². The fraction of sp³-hybridized carbons (Fsp3) is 0.250. The summed E-state index contributed by atoms with van der Waals surface area (Å²) in [6.45, 7) is 1.50. The number of hydrogen-bond donors (Lipinski definition) is 0. The lowest BCUT2D eigenvalue weighted by atomic mass is 10.5. The minimum absolute atomic E-state index is 0.0619. The molecule has 0 fully saturated rings. The minimum Gasteiger partial charge on any atom is -0.295 e. The van der Waals surface area contributed by atoms with Crippen LogP contribution in [0.15, 0.2) is 11.1 Å². The largest absolute Gasteiger partial charge is 0.295 e. The molecule has 0 unspecified atom stereocenters. The third-order valence-corrected chi connectivity index (χ3v) is 0.562. The molecule has 0 aromatic heterocycles. The molecular formula is C4H5BrO. The van der Waals surface area contributed by atoms with Crippen LogP contribution >= 0.6 is 15.9 Å². The van der Waals surface area contributed by atoms with Gasteiger partial charge in [0, 0.05) is 0 Å². The van der Waals surface area contributed by atoms with Crippen LogP contribution in [0.25, 0.3) is 0 Å². The Morgan fingerprint density at radius 3 is 2.33 bits per heavy atom. The molecule has 0 amide bonds. The third kappa shape index (κ3) is 3.89. The highest BCUT2D eigenvalue weighted by Crippen LogP contribution is 1.81. The fourth-order valence-electron chi connectivity index (χ4n) is 0.0887. The first-order valence-electron chi connectivity index (χ1n) is 1.54. The number of ketones is 1. The summed E-state index contributed by atoms with van der Waals surface area (Å²) >= 11 is 2.95. The van der Waals surface area contributed by atoms with Crippen molar-refractivity contribution in [2.45, 2.75) is 6.92 Å². The normalized spacial score (nSPS) is 9.67. The van der Waals surface area contributed by atoms with E-state index in [1.54, 1.807) is 0 Å². The Morgan fingerprint density at radius 1 is 1.83 bits per heavy atom. The Labute approximate surface area is 45.2 Å². The van der Waals surface area contributed by atoms with Crippen molar-refractivity contribution in [1.29, 1.82) is 0 Å². The second-order valence-corrected chi connectivity index (χ2v) is 1.43. The van der Waals surface area contributed by atoms with Crippen molar-refractivity contribution in [3.63, 3.8) is 0 Å². The van der Waals surface area contributed by atoms with Crippen LogP contribution in [0, 0.1) is 0 Å². The summed E-state index contributed by atoms with van der Waals surface area (Å²) in [5.41, 5.74) is 0. The van der Waals surface area contributed by atoms with E-state index >= 15 is 0 Å². The van der Waals surface area contributed by atoms with Crippen LogP contribution in [0.4, 0.5) is 0 Å². The van der Waals surface area contributed by atoms with Gasteiger partial charge in [-0.2, -0.15) is 0 Å². The molecule has 34 valence electrons. The van der Waals surface area contributed by atoms with Gasteiger partial charge in [-0.3, -0.25) is 4.79 Å². The highest BCUT2D eigenvalue weighted by molar-refractivity contribution is 9.11. The van der Waals surface area contributed by atoms with E-state index in [0.717, 1.165) is 0 Å². The summed E-state index contributed by atoms with van der Waals surface area (Å²) in [6, 6.07) is 0. The number of hydrogen-bond acceptors (Lipinski definition) is 1. The number of carbonyl (C=O) groups excluding carboxylic acids is 1. The number of allylic oxidation sites excluding steroid dienone is 1. The molecule has 0 aromatic rings. The van der Waals surface area contributed by atoms with Crippen LogP contribution in [0.3, 0.4) is 0 Å². The summed E-state index contributed by atoms with van der Waals surface area (Å²) < 4.78 is 0. The number of carbonyl (C=O) groups is 1. The second-order valence-electron chi connectivity index (χ2n) is 0.903. The molecule has 0 spiro atoms. The molecule has 0 bridgehead atoms. The molecule has 0 aliphatic carbocycles. The lowest BCUT2D eigenvalue weighted by molar-refractivity contribution is -0.112. The summed E-state index contributed by atoms with van der Waals surface area (Å²) in [6.07, 6.45) is 1.44. The van der Waals surface area contributed by atoms with Crippen molar-refractivity contribution in [1.82, 2.24) is 0 Å². The standard InChI is InChI=1S/C4H5BrO/c1-4(6)2-3-5/h2-3H,1H3/b3-2+. The maximum atomic E-state index is 9.93. The zero-order chi connectivity index (χ0) is 4.99. The average Bonchev–Trinajstić information content (AvgIpc) is 1.35. The summed E-state index contributed by atoms with van der Waals surface area (Å²) in [5.74, 6) is 0.0619. The fourth-order valence-corrected chi connectivity index (χ4v) is 0.461. The summed E-state index contributed by atoms with van der Waals surface area (Å²) in [5, 5.41) is 0. The van der Waals surface area contributed by atoms with E-state index in [4.69, 9.17) is 0 Å². The van der Waals surface area contributed by atoms with Gasteiger partial charge in [-0.1, -0.05) is 15.9 Å². The van der Waals surface area contributed by atoms with Crippen LogP contribution in [-0.4, -0.2) is 5.78 Å². The molecule has 0 rings (SSSR count). The smallest absolute Gasteiger partial charge is 0.153 e. The van der Waals surface area contributed by atoms with Crippen molar-refractivity contribution < 1.29 is 4.79 Å². The first-order chi connectivity index (χ1) is 2.77. The van der Waals surface area contributed by atoms with Crippen molar-refractivity contribution in [3.05, 3.63) is 11.1 Å². The van der Waals surface area contributed by atoms with E-state index in [1.165, 1.54) is 18.0 Å². The van der Waals surface area contributed by atoms with Gasteiger partial charge in [-0.25, -0.2) is 0 Å². The molecule has 0 saturated carbocycles. The maximum absolute atomic E-state index is 9.93. The van der Waals surface area contributed by atoms with Crippen LogP contribution in [-0.2, 0) is 4.79 Å². The molecule has 0 saturated heterocycles. The SMILES string of the molecule is CC(=O)/C=C/Br. The van der Waals surface area contributed by atoms with Crippen LogP contribution in [0.2, 0.25) is 0 Å². The predicted molar refractivity (Wildman–Crippen MR) is 28.7 cm³/mol. The first kappa shape index (κ1) is 5.89. The Kier molecular flexibility index (Phi) is 3.04. The molecule has 0 aliphatic rings. The Balaban J connectivity index is 3.30. The quantitative estimate of drug-likeness (QED) is 0.516. The van der Waals surface area contributed by atoms with Crippen LogP contribution < -0.4 is 0 Å². The highest BCUT2D eigenvalue weighted by Gasteiger charge is 1.73. The van der Waals surface area contributed by atoms with Gasteiger partial charge in [0.2, 0.25) is 0 Å². The minimum atomic E-state index is 0.0619. The van der Waals surface area contributed by atoms with E-state index in [9.17, 15) is 4.79 Å². The Bertz CT molecular complexity index is 75.6. The third-order valence-electron chi connectivity index (χ3n) is 0.298. The van der Waals surface area contributed by atoms with Crippen molar-refractivity contribution in [2.24, 2.45) is 0 Å². The zero-order valence-electron chi connectivity index (χ0n) is 3.44. The van der Waals surface area contributed by atoms with Crippen molar-refractivity contribution in [2.75, 3.05) is 0 Å². The molecule has 2 heteroatoms. The van der Waals surface area contributed by atoms with Gasteiger partial charge in [0.25, 0.3) is 0 Å². The van der Waals surface area contributed by atoms with Gasteiger partial charge < -0.3 is 0 Å². The molecule has 6 heavy (non-hydrogen) atoms. The molecular weight excluding hydrogens is 144 g/mol. The average molecular weight is 149 g/mol. The lowest BCUT2D eigenvalue weighted by Crippen LogP contribution is -1.75. The molecule has 0 heterocycles.